The molecule has 152 valence electrons. The van der Waals surface area contributed by atoms with Crippen LogP contribution in [0.25, 0.3) is 10.2 Å². The Labute approximate surface area is 173 Å². The van der Waals surface area contributed by atoms with Crippen LogP contribution in [0.3, 0.4) is 0 Å². The van der Waals surface area contributed by atoms with Gasteiger partial charge in [-0.05, 0) is 17.7 Å². The lowest BCUT2D eigenvalue weighted by Gasteiger charge is -2.35. The SMILES string of the molecule is CN(C)C(=O)N1CCN(Cc2cc3nc(Cl)nc(N4CCOCC4)c3s2)CC1. The van der Waals surface area contributed by atoms with E-state index in [2.05, 4.69) is 25.8 Å². The van der Waals surface area contributed by atoms with Crippen LogP contribution in [-0.2, 0) is 11.3 Å². The summed E-state index contributed by atoms with van der Waals surface area (Å²) in [5.74, 6) is 0.913. The highest BCUT2D eigenvalue weighted by molar-refractivity contribution is 7.19. The number of thiophene rings is 1. The molecule has 4 heterocycles. The van der Waals surface area contributed by atoms with Gasteiger partial charge in [0.15, 0.2) is 5.82 Å². The number of amides is 2. The van der Waals surface area contributed by atoms with Crippen molar-refractivity contribution >= 4 is 45.0 Å². The van der Waals surface area contributed by atoms with Crippen LogP contribution < -0.4 is 4.90 Å². The smallest absolute Gasteiger partial charge is 0.319 e. The summed E-state index contributed by atoms with van der Waals surface area (Å²) in [6, 6.07) is 2.20. The van der Waals surface area contributed by atoms with Gasteiger partial charge < -0.3 is 19.4 Å². The van der Waals surface area contributed by atoms with Crippen molar-refractivity contribution in [3.63, 3.8) is 0 Å². The zero-order valence-corrected chi connectivity index (χ0v) is 17.8. The van der Waals surface area contributed by atoms with Crippen LogP contribution in [0, 0.1) is 0 Å². The zero-order valence-electron chi connectivity index (χ0n) is 16.2. The third kappa shape index (κ3) is 4.17. The lowest BCUT2D eigenvalue weighted by atomic mass is 10.3. The van der Waals surface area contributed by atoms with Crippen LogP contribution in [0.4, 0.5) is 10.6 Å². The Bertz CT molecular complexity index is 846. The summed E-state index contributed by atoms with van der Waals surface area (Å²) in [6.45, 7) is 7.15. The second kappa shape index (κ2) is 8.36. The van der Waals surface area contributed by atoms with Gasteiger partial charge in [-0.15, -0.1) is 11.3 Å². The molecular weight excluding hydrogens is 400 g/mol. The fourth-order valence-corrected chi connectivity index (χ4v) is 4.93. The van der Waals surface area contributed by atoms with Crippen LogP contribution in [-0.4, -0.2) is 97.3 Å². The third-order valence-corrected chi connectivity index (χ3v) is 6.37. The summed E-state index contributed by atoms with van der Waals surface area (Å²) in [5.41, 5.74) is 0.905. The minimum absolute atomic E-state index is 0.0848. The van der Waals surface area contributed by atoms with E-state index in [4.69, 9.17) is 16.3 Å². The van der Waals surface area contributed by atoms with Crippen LogP contribution in [0.2, 0.25) is 5.28 Å². The van der Waals surface area contributed by atoms with Crippen molar-refractivity contribution in [3.8, 4) is 0 Å². The predicted octanol–water partition coefficient (Wildman–Crippen LogP) is 1.98. The highest BCUT2D eigenvalue weighted by atomic mass is 35.5. The Balaban J connectivity index is 1.47. The molecule has 0 unspecified atom stereocenters. The van der Waals surface area contributed by atoms with E-state index in [1.165, 1.54) is 4.88 Å². The number of fused-ring (bicyclic) bond motifs is 1. The Kier molecular flexibility index (Phi) is 5.86. The molecule has 0 aromatic carbocycles. The van der Waals surface area contributed by atoms with E-state index in [0.717, 1.165) is 61.8 Å². The Hall–Kier alpha value is -1.68. The molecule has 8 nitrogen and oxygen atoms in total. The number of hydrogen-bond acceptors (Lipinski definition) is 7. The van der Waals surface area contributed by atoms with Gasteiger partial charge in [0.2, 0.25) is 5.28 Å². The summed E-state index contributed by atoms with van der Waals surface area (Å²) in [4.78, 5) is 30.4. The second-order valence-electron chi connectivity index (χ2n) is 7.28. The van der Waals surface area contributed by atoms with E-state index in [0.29, 0.717) is 13.2 Å². The minimum atomic E-state index is 0.0848. The van der Waals surface area contributed by atoms with Gasteiger partial charge in [-0.25, -0.2) is 9.78 Å². The highest BCUT2D eigenvalue weighted by Crippen LogP contribution is 2.34. The number of nitrogens with zero attached hydrogens (tertiary/aromatic N) is 6. The molecule has 0 saturated carbocycles. The number of aromatic nitrogens is 2. The van der Waals surface area contributed by atoms with Gasteiger partial charge in [-0.2, -0.15) is 4.98 Å². The van der Waals surface area contributed by atoms with E-state index >= 15 is 0 Å². The lowest BCUT2D eigenvalue weighted by molar-refractivity contribution is 0.120. The van der Waals surface area contributed by atoms with E-state index in [1.54, 1.807) is 30.3 Å². The summed E-state index contributed by atoms with van der Waals surface area (Å²) < 4.78 is 6.54. The van der Waals surface area contributed by atoms with Gasteiger partial charge >= 0.3 is 6.03 Å². The monoisotopic (exact) mass is 424 g/mol. The molecule has 2 fully saturated rings. The van der Waals surface area contributed by atoms with Gasteiger partial charge in [-0.1, -0.05) is 0 Å². The number of piperazine rings is 1. The van der Waals surface area contributed by atoms with Crippen molar-refractivity contribution in [3.05, 3.63) is 16.2 Å². The fraction of sp³-hybridized carbons (Fsp3) is 0.611. The zero-order chi connectivity index (χ0) is 19.7. The molecule has 0 spiro atoms. The molecule has 0 radical (unpaired) electrons. The fourth-order valence-electron chi connectivity index (χ4n) is 3.60. The maximum Gasteiger partial charge on any atom is 0.319 e. The average molecular weight is 425 g/mol. The number of halogens is 1. The molecule has 2 aliphatic rings. The Morgan fingerprint density at radius 2 is 1.89 bits per heavy atom. The van der Waals surface area contributed by atoms with Crippen molar-refractivity contribution in [2.75, 3.05) is 71.5 Å². The summed E-state index contributed by atoms with van der Waals surface area (Å²) in [5, 5.41) is 0.286. The Morgan fingerprint density at radius 3 is 2.57 bits per heavy atom. The van der Waals surface area contributed by atoms with Crippen LogP contribution in [0.15, 0.2) is 6.07 Å². The van der Waals surface area contributed by atoms with E-state index in [1.807, 2.05) is 4.90 Å². The highest BCUT2D eigenvalue weighted by Gasteiger charge is 2.24. The van der Waals surface area contributed by atoms with Crippen molar-refractivity contribution in [1.82, 2.24) is 24.7 Å². The largest absolute Gasteiger partial charge is 0.378 e. The van der Waals surface area contributed by atoms with Crippen molar-refractivity contribution < 1.29 is 9.53 Å². The van der Waals surface area contributed by atoms with E-state index < -0.39 is 0 Å². The summed E-state index contributed by atoms with van der Waals surface area (Å²) in [6.07, 6.45) is 0. The number of ether oxygens (including phenoxy) is 1. The number of rotatable bonds is 3. The minimum Gasteiger partial charge on any atom is -0.378 e. The quantitative estimate of drug-likeness (QED) is 0.702. The topological polar surface area (TPSA) is 65.0 Å². The molecule has 0 atom stereocenters. The average Bonchev–Trinajstić information content (AvgIpc) is 3.10. The molecule has 2 saturated heterocycles. The van der Waals surface area contributed by atoms with Crippen molar-refractivity contribution in [1.29, 1.82) is 0 Å². The van der Waals surface area contributed by atoms with Gasteiger partial charge in [0.1, 0.15) is 0 Å². The van der Waals surface area contributed by atoms with E-state index in [-0.39, 0.29) is 11.3 Å². The van der Waals surface area contributed by atoms with Crippen molar-refractivity contribution in [2.45, 2.75) is 6.54 Å². The van der Waals surface area contributed by atoms with Crippen molar-refractivity contribution in [2.24, 2.45) is 0 Å². The molecule has 0 N–H and O–H groups in total. The number of hydrogen-bond donors (Lipinski definition) is 0. The molecule has 4 rings (SSSR count). The first-order valence-electron chi connectivity index (χ1n) is 9.48. The van der Waals surface area contributed by atoms with Crippen LogP contribution >= 0.6 is 22.9 Å². The molecule has 2 aromatic rings. The number of carbonyl (C=O) groups excluding carboxylic acids is 1. The maximum absolute atomic E-state index is 12.1. The molecule has 0 aliphatic carbocycles. The van der Waals surface area contributed by atoms with E-state index in [9.17, 15) is 4.79 Å². The second-order valence-corrected chi connectivity index (χ2v) is 8.76. The normalized spacial score (nSPS) is 18.7. The number of anilines is 1. The molecular formula is C18H25ClN6O2S. The van der Waals surface area contributed by atoms with Crippen LogP contribution in [0.1, 0.15) is 4.88 Å². The van der Waals surface area contributed by atoms with Crippen LogP contribution in [0.5, 0.6) is 0 Å². The molecule has 10 heteroatoms. The number of carbonyl (C=O) groups is 1. The molecule has 2 aliphatic heterocycles. The molecule has 2 aromatic heterocycles. The van der Waals surface area contributed by atoms with Gasteiger partial charge in [0.25, 0.3) is 0 Å². The maximum atomic E-state index is 12.1. The van der Waals surface area contributed by atoms with Gasteiger partial charge in [0.05, 0.1) is 23.4 Å². The summed E-state index contributed by atoms with van der Waals surface area (Å²) in [7, 11) is 3.59. The standard InChI is InChI=1S/C18H25ClN6O2S/c1-22(2)18(26)25-5-3-23(4-6-25)12-13-11-14-15(28-13)16(21-17(19)20-14)24-7-9-27-10-8-24/h11H,3-10,12H2,1-2H3. The number of urea groups is 1. The first kappa shape index (κ1) is 19.6. The first-order valence-corrected chi connectivity index (χ1v) is 10.7. The lowest BCUT2D eigenvalue weighted by Crippen LogP contribution is -2.51. The summed E-state index contributed by atoms with van der Waals surface area (Å²) >= 11 is 7.92. The molecule has 28 heavy (non-hydrogen) atoms. The first-order chi connectivity index (χ1) is 13.5. The van der Waals surface area contributed by atoms with Gasteiger partial charge in [0, 0.05) is 64.8 Å². The number of morpholine rings is 1. The molecule has 0 bridgehead atoms. The Morgan fingerprint density at radius 1 is 1.18 bits per heavy atom. The molecule has 2 amide bonds. The third-order valence-electron chi connectivity index (χ3n) is 5.09. The van der Waals surface area contributed by atoms with Gasteiger partial charge in [-0.3, -0.25) is 4.90 Å². The predicted molar refractivity (Wildman–Crippen MR) is 111 cm³/mol.